The lowest BCUT2D eigenvalue weighted by Gasteiger charge is -2.46. The summed E-state index contributed by atoms with van der Waals surface area (Å²) in [6, 6.07) is 10.5. The molecule has 2 N–H and O–H groups in total. The predicted octanol–water partition coefficient (Wildman–Crippen LogP) is 3.35. The molecular formula is C20H17F3N6O. The summed E-state index contributed by atoms with van der Waals surface area (Å²) in [5, 5.41) is 12.7. The maximum Gasteiger partial charge on any atom is 0.431 e. The van der Waals surface area contributed by atoms with Gasteiger partial charge in [-0.3, -0.25) is 4.90 Å². The number of nitrogens with one attached hydrogen (secondary N) is 2. The third-order valence-electron chi connectivity index (χ3n) is 5.63. The number of H-pyrrole nitrogens is 1. The highest BCUT2D eigenvalue weighted by molar-refractivity contribution is 5.88. The Morgan fingerprint density at radius 1 is 1.23 bits per heavy atom. The standard InChI is InChI=1S/C20H17F3N6O/c21-20(22,23)16-5-13-18(27-16)25-10-26-19(13)28-17-12-3-1-2-4-15(12)30-9-14(17)29-7-11(6-24)8-29/h1-5,10-11,14,17H,7-9H2,(H2,25,26,27,28)/t14-,17-/m0/s1. The zero-order valence-electron chi connectivity index (χ0n) is 15.6. The molecule has 2 aliphatic rings. The number of para-hydroxylation sites is 1. The van der Waals surface area contributed by atoms with Crippen LogP contribution in [0.15, 0.2) is 36.7 Å². The molecular weight excluding hydrogens is 397 g/mol. The zero-order valence-corrected chi connectivity index (χ0v) is 15.6. The number of rotatable bonds is 3. The van der Waals surface area contributed by atoms with E-state index in [4.69, 9.17) is 10.00 Å². The van der Waals surface area contributed by atoms with E-state index in [-0.39, 0.29) is 29.0 Å². The summed E-state index contributed by atoms with van der Waals surface area (Å²) in [6.07, 6.45) is -3.27. The van der Waals surface area contributed by atoms with Gasteiger partial charge in [-0.15, -0.1) is 0 Å². The summed E-state index contributed by atoms with van der Waals surface area (Å²) in [5.41, 5.74) is 0.141. The van der Waals surface area contributed by atoms with Gasteiger partial charge in [-0.05, 0) is 12.1 Å². The number of aromatic amines is 1. The topological polar surface area (TPSA) is 89.9 Å². The highest BCUT2D eigenvalue weighted by Gasteiger charge is 2.41. The normalized spacial score (nSPS) is 22.1. The minimum absolute atomic E-state index is 0.0207. The molecule has 30 heavy (non-hydrogen) atoms. The van der Waals surface area contributed by atoms with Crippen molar-refractivity contribution < 1.29 is 17.9 Å². The van der Waals surface area contributed by atoms with Crippen molar-refractivity contribution in [2.45, 2.75) is 18.3 Å². The molecule has 4 heterocycles. The van der Waals surface area contributed by atoms with Gasteiger partial charge in [-0.1, -0.05) is 18.2 Å². The number of nitriles is 1. The van der Waals surface area contributed by atoms with Gasteiger partial charge in [0.25, 0.3) is 0 Å². The van der Waals surface area contributed by atoms with E-state index in [9.17, 15) is 13.2 Å². The first-order chi connectivity index (χ1) is 14.4. The Hall–Kier alpha value is -3.32. The smallest absolute Gasteiger partial charge is 0.431 e. The number of nitrogens with zero attached hydrogens (tertiary/aromatic N) is 4. The van der Waals surface area contributed by atoms with Crippen molar-refractivity contribution >= 4 is 16.9 Å². The fourth-order valence-electron chi connectivity index (χ4n) is 4.06. The van der Waals surface area contributed by atoms with Crippen LogP contribution in [0.3, 0.4) is 0 Å². The van der Waals surface area contributed by atoms with Crippen LogP contribution in [0.25, 0.3) is 11.0 Å². The summed E-state index contributed by atoms with van der Waals surface area (Å²) in [7, 11) is 0. The molecule has 5 rings (SSSR count). The van der Waals surface area contributed by atoms with Crippen molar-refractivity contribution in [3.8, 4) is 11.8 Å². The molecule has 0 saturated carbocycles. The SMILES string of the molecule is N#CC1CN([C@H]2COc3ccccc3[C@@H]2Nc2ncnc3[nH]c(C(F)(F)F)cc23)C1. The van der Waals surface area contributed by atoms with Crippen LogP contribution in [-0.2, 0) is 6.18 Å². The van der Waals surface area contributed by atoms with Gasteiger partial charge in [0.05, 0.1) is 29.5 Å². The first kappa shape index (κ1) is 18.7. The van der Waals surface area contributed by atoms with Crippen LogP contribution in [0.5, 0.6) is 5.75 Å². The van der Waals surface area contributed by atoms with Crippen molar-refractivity contribution in [3.05, 3.63) is 47.9 Å². The number of ether oxygens (including phenoxy) is 1. The number of hydrogen-bond acceptors (Lipinski definition) is 6. The van der Waals surface area contributed by atoms with Crippen molar-refractivity contribution in [2.75, 3.05) is 25.0 Å². The van der Waals surface area contributed by atoms with E-state index in [0.717, 1.165) is 17.4 Å². The van der Waals surface area contributed by atoms with Crippen LogP contribution >= 0.6 is 0 Å². The number of alkyl halides is 3. The van der Waals surface area contributed by atoms with E-state index in [1.54, 1.807) is 0 Å². The van der Waals surface area contributed by atoms with Crippen LogP contribution in [-0.4, -0.2) is 45.6 Å². The van der Waals surface area contributed by atoms with E-state index in [2.05, 4.69) is 31.2 Å². The number of hydrogen-bond donors (Lipinski definition) is 2. The molecule has 0 amide bonds. The van der Waals surface area contributed by atoms with Gasteiger partial charge < -0.3 is 15.0 Å². The first-order valence-electron chi connectivity index (χ1n) is 9.47. The Bertz CT molecular complexity index is 1130. The molecule has 2 aromatic heterocycles. The van der Waals surface area contributed by atoms with Crippen LogP contribution in [0.1, 0.15) is 17.3 Å². The second kappa shape index (κ2) is 6.88. The lowest BCUT2D eigenvalue weighted by atomic mass is 9.90. The second-order valence-electron chi connectivity index (χ2n) is 7.48. The third-order valence-corrected chi connectivity index (χ3v) is 5.63. The lowest BCUT2D eigenvalue weighted by Crippen LogP contribution is -2.57. The summed E-state index contributed by atoms with van der Waals surface area (Å²) >= 11 is 0. The molecule has 154 valence electrons. The van der Waals surface area contributed by atoms with Gasteiger partial charge in [-0.25, -0.2) is 9.97 Å². The lowest BCUT2D eigenvalue weighted by molar-refractivity contribution is -0.140. The van der Waals surface area contributed by atoms with E-state index < -0.39 is 11.9 Å². The highest BCUT2D eigenvalue weighted by Crippen LogP contribution is 2.39. The molecule has 1 aromatic carbocycles. The van der Waals surface area contributed by atoms with Crippen molar-refractivity contribution in [1.29, 1.82) is 5.26 Å². The molecule has 1 saturated heterocycles. The largest absolute Gasteiger partial charge is 0.491 e. The Balaban J connectivity index is 1.52. The summed E-state index contributed by atoms with van der Waals surface area (Å²) in [5.74, 6) is 1.02. The Labute approximate surface area is 169 Å². The minimum Gasteiger partial charge on any atom is -0.491 e. The average molecular weight is 414 g/mol. The van der Waals surface area contributed by atoms with Crippen molar-refractivity contribution in [3.63, 3.8) is 0 Å². The molecule has 2 atom stereocenters. The monoisotopic (exact) mass is 414 g/mol. The Kier molecular flexibility index (Phi) is 4.29. The number of benzene rings is 1. The number of likely N-dealkylation sites (tertiary alicyclic amines) is 1. The first-order valence-corrected chi connectivity index (χ1v) is 9.47. The molecule has 0 aliphatic carbocycles. The number of anilines is 1. The molecule has 0 bridgehead atoms. The van der Waals surface area contributed by atoms with Crippen LogP contribution < -0.4 is 10.1 Å². The van der Waals surface area contributed by atoms with E-state index in [1.807, 2.05) is 24.3 Å². The fraction of sp³-hybridized carbons (Fsp3) is 0.350. The molecule has 0 radical (unpaired) electrons. The van der Waals surface area contributed by atoms with E-state index in [1.165, 1.54) is 6.33 Å². The minimum atomic E-state index is -4.50. The predicted molar refractivity (Wildman–Crippen MR) is 102 cm³/mol. The van der Waals surface area contributed by atoms with Crippen LogP contribution in [0.4, 0.5) is 19.0 Å². The summed E-state index contributed by atoms with van der Waals surface area (Å²) in [6.45, 7) is 1.67. The van der Waals surface area contributed by atoms with Gasteiger partial charge in [0.2, 0.25) is 0 Å². The van der Waals surface area contributed by atoms with Gasteiger partial charge in [0.1, 0.15) is 35.8 Å². The Morgan fingerprint density at radius 2 is 2.03 bits per heavy atom. The number of fused-ring (bicyclic) bond motifs is 2. The van der Waals surface area contributed by atoms with Gasteiger partial charge >= 0.3 is 6.18 Å². The summed E-state index contributed by atoms with van der Waals surface area (Å²) in [4.78, 5) is 12.6. The molecule has 0 spiro atoms. The van der Waals surface area contributed by atoms with Crippen LogP contribution in [0, 0.1) is 17.2 Å². The number of aromatic nitrogens is 3. The average Bonchev–Trinajstić information content (AvgIpc) is 3.14. The maximum absolute atomic E-state index is 13.2. The molecule has 10 heteroatoms. The van der Waals surface area contributed by atoms with Crippen molar-refractivity contribution in [1.82, 2.24) is 19.9 Å². The van der Waals surface area contributed by atoms with E-state index >= 15 is 0 Å². The second-order valence-corrected chi connectivity index (χ2v) is 7.48. The summed E-state index contributed by atoms with van der Waals surface area (Å²) < 4.78 is 45.4. The van der Waals surface area contributed by atoms with Crippen LogP contribution in [0.2, 0.25) is 0 Å². The number of halogens is 3. The molecule has 3 aromatic rings. The van der Waals surface area contributed by atoms with Gasteiger partial charge in [0.15, 0.2) is 0 Å². The highest BCUT2D eigenvalue weighted by atomic mass is 19.4. The van der Waals surface area contributed by atoms with Gasteiger partial charge in [-0.2, -0.15) is 18.4 Å². The quantitative estimate of drug-likeness (QED) is 0.683. The molecule has 1 fully saturated rings. The van der Waals surface area contributed by atoms with Gasteiger partial charge in [0, 0.05) is 18.7 Å². The molecule has 2 aliphatic heterocycles. The van der Waals surface area contributed by atoms with E-state index in [0.29, 0.717) is 25.5 Å². The Morgan fingerprint density at radius 3 is 2.80 bits per heavy atom. The third kappa shape index (κ3) is 3.11. The fourth-order valence-corrected chi connectivity index (χ4v) is 4.06. The molecule has 7 nitrogen and oxygen atoms in total. The zero-order chi connectivity index (χ0) is 20.9. The maximum atomic E-state index is 13.2. The molecule has 0 unspecified atom stereocenters. The van der Waals surface area contributed by atoms with Crippen molar-refractivity contribution in [2.24, 2.45) is 5.92 Å².